The van der Waals surface area contributed by atoms with E-state index in [1.54, 1.807) is 18.0 Å². The highest BCUT2D eigenvalue weighted by molar-refractivity contribution is 6.00. The number of aromatic nitrogens is 1. The fourth-order valence-corrected chi connectivity index (χ4v) is 2.42. The van der Waals surface area contributed by atoms with Crippen molar-refractivity contribution in [1.29, 1.82) is 0 Å². The van der Waals surface area contributed by atoms with Crippen molar-refractivity contribution >= 4 is 17.6 Å². The highest BCUT2D eigenvalue weighted by Gasteiger charge is 2.25. The zero-order valence-electron chi connectivity index (χ0n) is 10.8. The van der Waals surface area contributed by atoms with Crippen molar-refractivity contribution in [2.24, 2.45) is 0 Å². The van der Waals surface area contributed by atoms with Crippen LogP contribution < -0.4 is 4.90 Å². The Labute approximate surface area is 114 Å². The number of hydrogen-bond acceptors (Lipinski definition) is 4. The molecule has 3 rings (SSSR count). The fraction of sp³-hybridized carbons (Fsp3) is 0.214. The summed E-state index contributed by atoms with van der Waals surface area (Å²) in [5, 5.41) is 12.4. The topological polar surface area (TPSA) is 83.6 Å². The Morgan fingerprint density at radius 1 is 1.40 bits per heavy atom. The number of carbonyl (C=O) groups is 2. The van der Waals surface area contributed by atoms with Gasteiger partial charge in [0.15, 0.2) is 11.5 Å². The van der Waals surface area contributed by atoms with E-state index in [0.717, 1.165) is 11.3 Å². The van der Waals surface area contributed by atoms with E-state index in [4.69, 9.17) is 9.63 Å². The molecule has 1 aliphatic heterocycles. The largest absolute Gasteiger partial charge is 0.476 e. The number of carboxylic acids is 1. The molecule has 6 heteroatoms. The molecule has 1 aromatic heterocycles. The molecule has 2 heterocycles. The maximum absolute atomic E-state index is 11.8. The quantitative estimate of drug-likeness (QED) is 0.903. The minimum absolute atomic E-state index is 0.0305. The number of benzene rings is 1. The van der Waals surface area contributed by atoms with Crippen LogP contribution in [0.4, 0.5) is 5.69 Å². The second kappa shape index (κ2) is 4.48. The molecule has 0 radical (unpaired) electrons. The van der Waals surface area contributed by atoms with Crippen LogP contribution in [-0.2, 0) is 11.2 Å². The van der Waals surface area contributed by atoms with E-state index in [2.05, 4.69) is 5.16 Å². The number of anilines is 1. The Morgan fingerprint density at radius 3 is 2.90 bits per heavy atom. The van der Waals surface area contributed by atoms with Crippen LogP contribution in [0.15, 0.2) is 28.8 Å². The molecule has 1 aliphatic rings. The predicted octanol–water partition coefficient (Wildman–Crippen LogP) is 1.95. The number of para-hydroxylation sites is 1. The summed E-state index contributed by atoms with van der Waals surface area (Å²) in [4.78, 5) is 24.3. The fourth-order valence-electron chi connectivity index (χ4n) is 2.42. The van der Waals surface area contributed by atoms with Crippen LogP contribution in [0.25, 0.3) is 11.3 Å². The number of nitrogens with zero attached hydrogens (tertiary/aromatic N) is 2. The Kier molecular flexibility index (Phi) is 2.78. The summed E-state index contributed by atoms with van der Waals surface area (Å²) in [6.45, 7) is 0. The SMILES string of the molecule is CN1C(=O)CCc2cccc(-c3cc(C(=O)O)no3)c21. The van der Waals surface area contributed by atoms with Gasteiger partial charge in [0.1, 0.15) is 0 Å². The van der Waals surface area contributed by atoms with Gasteiger partial charge in [-0.25, -0.2) is 4.79 Å². The molecule has 102 valence electrons. The standard InChI is InChI=1S/C14H12N2O4/c1-16-12(17)6-5-8-3-2-4-9(13(8)16)11-7-10(14(18)19)15-20-11/h2-4,7H,5-6H2,1H3,(H,18,19). The Hall–Kier alpha value is -2.63. The number of carbonyl (C=O) groups excluding carboxylic acids is 1. The van der Waals surface area contributed by atoms with E-state index in [0.29, 0.717) is 24.2 Å². The molecule has 0 bridgehead atoms. The molecule has 0 saturated heterocycles. The van der Waals surface area contributed by atoms with Crippen molar-refractivity contribution in [3.05, 3.63) is 35.5 Å². The van der Waals surface area contributed by atoms with Gasteiger partial charge in [0, 0.05) is 25.1 Å². The highest BCUT2D eigenvalue weighted by atomic mass is 16.5. The third-order valence-electron chi connectivity index (χ3n) is 3.43. The molecule has 0 saturated carbocycles. The van der Waals surface area contributed by atoms with E-state index in [1.165, 1.54) is 6.07 Å². The van der Waals surface area contributed by atoms with Gasteiger partial charge in [0.2, 0.25) is 5.91 Å². The minimum Gasteiger partial charge on any atom is -0.476 e. The van der Waals surface area contributed by atoms with Crippen molar-refractivity contribution in [2.45, 2.75) is 12.8 Å². The summed E-state index contributed by atoms with van der Waals surface area (Å²) in [5.74, 6) is -0.766. The first-order valence-electron chi connectivity index (χ1n) is 6.17. The van der Waals surface area contributed by atoms with E-state index in [9.17, 15) is 9.59 Å². The van der Waals surface area contributed by atoms with Crippen molar-refractivity contribution in [2.75, 3.05) is 11.9 Å². The zero-order chi connectivity index (χ0) is 14.3. The molecule has 1 aromatic carbocycles. The summed E-state index contributed by atoms with van der Waals surface area (Å²) in [7, 11) is 1.71. The van der Waals surface area contributed by atoms with Crippen LogP contribution in [0.3, 0.4) is 0 Å². The lowest BCUT2D eigenvalue weighted by atomic mass is 9.96. The normalized spacial score (nSPS) is 14.2. The van der Waals surface area contributed by atoms with Crippen LogP contribution in [0, 0.1) is 0 Å². The first kappa shape index (κ1) is 12.4. The van der Waals surface area contributed by atoms with Gasteiger partial charge in [0.05, 0.1) is 5.69 Å². The van der Waals surface area contributed by atoms with Crippen LogP contribution in [0.2, 0.25) is 0 Å². The van der Waals surface area contributed by atoms with Gasteiger partial charge in [-0.2, -0.15) is 0 Å². The van der Waals surface area contributed by atoms with E-state index in [1.807, 2.05) is 12.1 Å². The smallest absolute Gasteiger partial charge is 0.358 e. The lowest BCUT2D eigenvalue weighted by molar-refractivity contribution is -0.118. The van der Waals surface area contributed by atoms with Crippen molar-refractivity contribution in [1.82, 2.24) is 5.16 Å². The number of aromatic carboxylic acids is 1. The van der Waals surface area contributed by atoms with Gasteiger partial charge in [-0.05, 0) is 18.1 Å². The minimum atomic E-state index is -1.14. The van der Waals surface area contributed by atoms with Crippen LogP contribution in [0.5, 0.6) is 0 Å². The molecule has 6 nitrogen and oxygen atoms in total. The molecule has 0 atom stereocenters. The van der Waals surface area contributed by atoms with Gasteiger partial charge in [0.25, 0.3) is 0 Å². The Morgan fingerprint density at radius 2 is 2.20 bits per heavy atom. The number of amides is 1. The van der Waals surface area contributed by atoms with Gasteiger partial charge >= 0.3 is 5.97 Å². The van der Waals surface area contributed by atoms with Crippen molar-refractivity contribution < 1.29 is 19.2 Å². The molecule has 0 spiro atoms. The molecule has 20 heavy (non-hydrogen) atoms. The second-order valence-electron chi connectivity index (χ2n) is 4.65. The van der Waals surface area contributed by atoms with Gasteiger partial charge in [-0.3, -0.25) is 4.79 Å². The zero-order valence-corrected chi connectivity index (χ0v) is 10.8. The lowest BCUT2D eigenvalue weighted by Gasteiger charge is -2.27. The summed E-state index contributed by atoms with van der Waals surface area (Å²) in [5.41, 5.74) is 2.33. The monoisotopic (exact) mass is 272 g/mol. The number of carboxylic acid groups (broad SMARTS) is 1. The van der Waals surface area contributed by atoms with Crippen molar-refractivity contribution in [3.8, 4) is 11.3 Å². The number of rotatable bonds is 2. The maximum Gasteiger partial charge on any atom is 0.358 e. The van der Waals surface area contributed by atoms with E-state index >= 15 is 0 Å². The molecule has 0 unspecified atom stereocenters. The van der Waals surface area contributed by atoms with Crippen LogP contribution >= 0.6 is 0 Å². The van der Waals surface area contributed by atoms with Crippen LogP contribution in [-0.4, -0.2) is 29.2 Å². The van der Waals surface area contributed by atoms with Gasteiger partial charge in [-0.1, -0.05) is 17.3 Å². The molecular weight excluding hydrogens is 260 g/mol. The first-order chi connectivity index (χ1) is 9.58. The molecule has 1 N–H and O–H groups in total. The predicted molar refractivity (Wildman–Crippen MR) is 70.6 cm³/mol. The Balaban J connectivity index is 2.14. The highest BCUT2D eigenvalue weighted by Crippen LogP contribution is 2.37. The number of aryl methyl sites for hydroxylation is 1. The van der Waals surface area contributed by atoms with Gasteiger partial charge < -0.3 is 14.5 Å². The molecule has 1 amide bonds. The summed E-state index contributed by atoms with van der Waals surface area (Å²) >= 11 is 0. The average molecular weight is 272 g/mol. The van der Waals surface area contributed by atoms with E-state index in [-0.39, 0.29) is 11.6 Å². The van der Waals surface area contributed by atoms with Crippen molar-refractivity contribution in [3.63, 3.8) is 0 Å². The number of hydrogen-bond donors (Lipinski definition) is 1. The third kappa shape index (κ3) is 1.85. The third-order valence-corrected chi connectivity index (χ3v) is 3.43. The summed E-state index contributed by atoms with van der Waals surface area (Å²) in [6.07, 6.45) is 1.15. The van der Waals surface area contributed by atoms with Crippen LogP contribution in [0.1, 0.15) is 22.5 Å². The molecule has 0 aliphatic carbocycles. The lowest BCUT2D eigenvalue weighted by Crippen LogP contribution is -2.31. The summed E-state index contributed by atoms with van der Waals surface area (Å²) in [6, 6.07) is 6.97. The Bertz CT molecular complexity index is 705. The average Bonchev–Trinajstić information content (AvgIpc) is 2.92. The summed E-state index contributed by atoms with van der Waals surface area (Å²) < 4.78 is 5.09. The maximum atomic E-state index is 11.8. The first-order valence-corrected chi connectivity index (χ1v) is 6.17. The van der Waals surface area contributed by atoms with E-state index < -0.39 is 5.97 Å². The number of fused-ring (bicyclic) bond motifs is 1. The van der Waals surface area contributed by atoms with Gasteiger partial charge in [-0.15, -0.1) is 0 Å². The molecule has 0 fully saturated rings. The molecule has 2 aromatic rings. The second-order valence-corrected chi connectivity index (χ2v) is 4.65. The molecular formula is C14H12N2O4.